The van der Waals surface area contributed by atoms with Gasteiger partial charge in [-0.05, 0) is 12.5 Å². The zero-order chi connectivity index (χ0) is 32.6. The number of aliphatic hydroxyl groups excluding tert-OH is 13. The topological polar surface area (TPSA) is 321 Å². The zero-order valence-corrected chi connectivity index (χ0v) is 23.2. The summed E-state index contributed by atoms with van der Waals surface area (Å²) in [5.41, 5.74) is -0.240. The lowest BCUT2D eigenvalue weighted by Crippen LogP contribution is -2.65. The number of aliphatic hydroxyl groups is 13. The molecule has 0 aromatic heterocycles. The lowest BCUT2D eigenvalue weighted by molar-refractivity contribution is -0.368. The molecule has 19 heteroatoms. The first-order valence-corrected chi connectivity index (χ1v) is 13.6. The van der Waals surface area contributed by atoms with Crippen molar-refractivity contribution in [2.24, 2.45) is 0 Å². The normalized spacial score (nSPS) is 45.3. The molecule has 0 unspecified atom stereocenters. The lowest BCUT2D eigenvalue weighted by atomic mass is 9.96. The standard InChI is InChI=1S/C25H39NO18/c1-6-11(26-8-2-7(3-27)12(30)15(33)13(8)31)14(32)19(37)24(40-6)43-22-10(5-29)42-25(20(38)17(22)35)44-21-9(4-28)41-23(39)18(36)16(21)34/h2,6,8-10,12,16-39H,3-5H2,1H3/t6-,8+,9-,10-,12-,16-,17-,18-,19-,20-,21-,22-,23-,24-,25-/m1/s1. The minimum absolute atomic E-state index is 0.0580. The van der Waals surface area contributed by atoms with Crippen molar-refractivity contribution < 1.29 is 90.1 Å². The van der Waals surface area contributed by atoms with Crippen LogP contribution in [0.25, 0.3) is 0 Å². The number of nitrogens with one attached hydrogen (secondary N) is 1. The monoisotopic (exact) mass is 641 g/mol. The first kappa shape index (κ1) is 34.7. The minimum atomic E-state index is -1.95. The summed E-state index contributed by atoms with van der Waals surface area (Å²) in [6.45, 7) is -0.901. The predicted octanol–water partition coefficient (Wildman–Crippen LogP) is -5.92. The highest BCUT2D eigenvalue weighted by molar-refractivity contribution is 5.35. The van der Waals surface area contributed by atoms with E-state index in [0.29, 0.717) is 0 Å². The Balaban J connectivity index is 1.47. The summed E-state index contributed by atoms with van der Waals surface area (Å²) >= 11 is 0. The van der Waals surface area contributed by atoms with Gasteiger partial charge < -0.3 is 95.4 Å². The summed E-state index contributed by atoms with van der Waals surface area (Å²) in [7, 11) is 0. The molecular formula is C25H39NO18. The molecule has 252 valence electrons. The fraction of sp³-hybridized carbons (Fsp3) is 0.760. The molecule has 0 bridgehead atoms. The molecule has 15 atom stereocenters. The molecule has 0 aromatic rings. The molecule has 2 fully saturated rings. The average molecular weight is 642 g/mol. The van der Waals surface area contributed by atoms with Crippen molar-refractivity contribution >= 4 is 0 Å². The maximum atomic E-state index is 10.9. The Bertz CT molecular complexity index is 1100. The van der Waals surface area contributed by atoms with Gasteiger partial charge in [-0.2, -0.15) is 0 Å². The molecule has 0 radical (unpaired) electrons. The first-order chi connectivity index (χ1) is 20.7. The lowest BCUT2D eigenvalue weighted by Gasteiger charge is -2.47. The molecule has 3 heterocycles. The van der Waals surface area contributed by atoms with Crippen LogP contribution in [0.3, 0.4) is 0 Å². The van der Waals surface area contributed by atoms with Crippen LogP contribution in [0.2, 0.25) is 0 Å². The van der Waals surface area contributed by atoms with E-state index in [1.54, 1.807) is 0 Å². The molecule has 3 aliphatic heterocycles. The second-order valence-corrected chi connectivity index (χ2v) is 10.7. The molecule has 0 saturated carbocycles. The molecule has 0 aromatic carbocycles. The smallest absolute Gasteiger partial charge is 0.192 e. The first-order valence-electron chi connectivity index (χ1n) is 13.6. The summed E-state index contributed by atoms with van der Waals surface area (Å²) < 4.78 is 27.2. The SMILES string of the molecule is C[C@H]1O[C@H](O[C@H]2[C@H](O)[C@@H](O)[C@@H](O[C@H]3[C@H](O)[C@@H](O)[C@H](O)O[C@@H]3CO)O[C@@H]2CO)[C@H](O)C(O)=C1N[C@H]1C=C(CO)[C@@H](O)C(O)=C1O. The highest BCUT2D eigenvalue weighted by Gasteiger charge is 2.52. The summed E-state index contributed by atoms with van der Waals surface area (Å²) in [6, 6.07) is -1.25. The summed E-state index contributed by atoms with van der Waals surface area (Å²) in [6.07, 6.45) is -22.4. The van der Waals surface area contributed by atoms with Crippen molar-refractivity contribution in [3.8, 4) is 0 Å². The maximum Gasteiger partial charge on any atom is 0.192 e. The van der Waals surface area contributed by atoms with Gasteiger partial charge in [-0.1, -0.05) is 6.08 Å². The number of hydrogen-bond acceptors (Lipinski definition) is 19. The minimum Gasteiger partial charge on any atom is -0.507 e. The van der Waals surface area contributed by atoms with E-state index in [1.807, 2.05) is 0 Å². The van der Waals surface area contributed by atoms with Crippen molar-refractivity contribution in [1.29, 1.82) is 0 Å². The number of hydrogen-bond donors (Lipinski definition) is 14. The Kier molecular flexibility index (Phi) is 11.1. The molecule has 4 rings (SSSR count). The summed E-state index contributed by atoms with van der Waals surface area (Å²) in [5, 5.41) is 135. The Hall–Kier alpha value is -2.18. The summed E-state index contributed by atoms with van der Waals surface area (Å²) in [4.78, 5) is 0. The Labute approximate surface area is 249 Å². The third-order valence-corrected chi connectivity index (χ3v) is 7.84. The van der Waals surface area contributed by atoms with Crippen LogP contribution >= 0.6 is 0 Å². The predicted molar refractivity (Wildman–Crippen MR) is 138 cm³/mol. The third kappa shape index (κ3) is 6.54. The van der Waals surface area contributed by atoms with E-state index in [-0.39, 0.29) is 11.3 Å². The third-order valence-electron chi connectivity index (χ3n) is 7.84. The van der Waals surface area contributed by atoms with Crippen LogP contribution in [0.4, 0.5) is 0 Å². The van der Waals surface area contributed by atoms with Crippen molar-refractivity contribution in [2.45, 2.75) is 99.0 Å². The van der Waals surface area contributed by atoms with Gasteiger partial charge in [-0.3, -0.25) is 0 Å². The van der Waals surface area contributed by atoms with Crippen LogP contribution in [0.1, 0.15) is 6.92 Å². The Morgan fingerprint density at radius 3 is 1.86 bits per heavy atom. The van der Waals surface area contributed by atoms with Gasteiger partial charge in [0, 0.05) is 0 Å². The Morgan fingerprint density at radius 2 is 1.27 bits per heavy atom. The molecule has 14 N–H and O–H groups in total. The molecule has 0 spiro atoms. The van der Waals surface area contributed by atoms with Crippen LogP contribution < -0.4 is 5.32 Å². The Morgan fingerprint density at radius 1 is 0.705 bits per heavy atom. The van der Waals surface area contributed by atoms with Gasteiger partial charge in [-0.15, -0.1) is 0 Å². The van der Waals surface area contributed by atoms with E-state index >= 15 is 0 Å². The molecular weight excluding hydrogens is 602 g/mol. The highest BCUT2D eigenvalue weighted by atomic mass is 16.7. The van der Waals surface area contributed by atoms with Crippen molar-refractivity contribution in [3.05, 3.63) is 34.6 Å². The van der Waals surface area contributed by atoms with E-state index in [4.69, 9.17) is 23.7 Å². The van der Waals surface area contributed by atoms with Crippen molar-refractivity contribution in [1.82, 2.24) is 5.32 Å². The van der Waals surface area contributed by atoms with E-state index < -0.39 is 129 Å². The van der Waals surface area contributed by atoms with Crippen molar-refractivity contribution in [3.63, 3.8) is 0 Å². The highest BCUT2D eigenvalue weighted by Crippen LogP contribution is 2.33. The van der Waals surface area contributed by atoms with Gasteiger partial charge >= 0.3 is 0 Å². The van der Waals surface area contributed by atoms with E-state index in [9.17, 15) is 66.4 Å². The quantitative estimate of drug-likeness (QED) is 0.104. The fourth-order valence-electron chi connectivity index (χ4n) is 5.29. The number of rotatable bonds is 9. The fourth-order valence-corrected chi connectivity index (χ4v) is 5.29. The van der Waals surface area contributed by atoms with E-state index in [0.717, 1.165) is 0 Å². The molecule has 1 aliphatic carbocycles. The van der Waals surface area contributed by atoms with Gasteiger partial charge in [0.15, 0.2) is 36.5 Å². The largest absolute Gasteiger partial charge is 0.507 e. The van der Waals surface area contributed by atoms with Gasteiger partial charge in [0.05, 0.1) is 25.5 Å². The van der Waals surface area contributed by atoms with E-state index in [1.165, 1.54) is 13.0 Å². The van der Waals surface area contributed by atoms with E-state index in [2.05, 4.69) is 5.32 Å². The van der Waals surface area contributed by atoms with Crippen LogP contribution in [-0.4, -0.2) is 178 Å². The second-order valence-electron chi connectivity index (χ2n) is 10.7. The zero-order valence-electron chi connectivity index (χ0n) is 23.2. The van der Waals surface area contributed by atoms with Gasteiger partial charge in [0.2, 0.25) is 0 Å². The molecule has 0 amide bonds. The van der Waals surface area contributed by atoms with Gasteiger partial charge in [-0.25, -0.2) is 0 Å². The summed E-state index contributed by atoms with van der Waals surface area (Å²) in [5.74, 6) is -2.31. The second kappa shape index (κ2) is 14.1. The number of ether oxygens (including phenoxy) is 5. The van der Waals surface area contributed by atoms with Crippen LogP contribution in [-0.2, 0) is 23.7 Å². The molecule has 2 saturated heterocycles. The molecule has 19 nitrogen and oxygen atoms in total. The average Bonchev–Trinajstić information content (AvgIpc) is 3.00. The van der Waals surface area contributed by atoms with Crippen LogP contribution in [0, 0.1) is 0 Å². The molecule has 4 aliphatic rings. The maximum absolute atomic E-state index is 10.9. The molecule has 44 heavy (non-hydrogen) atoms. The van der Waals surface area contributed by atoms with Crippen LogP contribution in [0.15, 0.2) is 34.6 Å². The van der Waals surface area contributed by atoms with Crippen molar-refractivity contribution in [2.75, 3.05) is 19.8 Å². The van der Waals surface area contributed by atoms with Gasteiger partial charge in [0.25, 0.3) is 0 Å². The van der Waals surface area contributed by atoms with Crippen LogP contribution in [0.5, 0.6) is 0 Å². The van der Waals surface area contributed by atoms with Gasteiger partial charge in [0.1, 0.15) is 72.8 Å².